The second-order valence-electron chi connectivity index (χ2n) is 16.5. The maximum absolute atomic E-state index is 15.3. The van der Waals surface area contributed by atoms with E-state index in [0.29, 0.717) is 54.5 Å². The van der Waals surface area contributed by atoms with E-state index in [-0.39, 0.29) is 17.6 Å². The smallest absolute Gasteiger partial charge is 0.352 e. The van der Waals surface area contributed by atoms with Gasteiger partial charge in [-0.3, -0.25) is 9.69 Å². The third kappa shape index (κ3) is 7.36. The summed E-state index contributed by atoms with van der Waals surface area (Å²) in [5, 5.41) is 13.0. The Morgan fingerprint density at radius 1 is 0.898 bits per heavy atom. The Hall–Kier alpha value is -4.94. The lowest BCUT2D eigenvalue weighted by molar-refractivity contribution is 0.0687. The molecule has 1 atom stereocenters. The fourth-order valence-electron chi connectivity index (χ4n) is 9.26. The molecule has 1 saturated heterocycles. The molecule has 5 heterocycles. The van der Waals surface area contributed by atoms with Crippen molar-refractivity contribution in [1.82, 2.24) is 28.9 Å². The topological polar surface area (TPSA) is 109 Å². The molecule has 11 nitrogen and oxygen atoms in total. The number of fused-ring (bicyclic) bond motifs is 4. The van der Waals surface area contributed by atoms with Crippen LogP contribution in [0.5, 0.6) is 5.75 Å². The van der Waals surface area contributed by atoms with Crippen molar-refractivity contribution in [3.8, 4) is 16.9 Å². The number of carbonyl (C=O) groups is 2. The van der Waals surface area contributed by atoms with Crippen LogP contribution in [0.25, 0.3) is 32.9 Å². The first kappa shape index (κ1) is 40.8. The van der Waals surface area contributed by atoms with E-state index in [9.17, 15) is 9.90 Å². The number of likely N-dealkylation sites (N-methyl/N-ethyl adjacent to an activating group) is 1. The quantitative estimate of drug-likeness (QED) is 0.136. The molecule has 1 unspecified atom stereocenters. The molecule has 0 spiro atoms. The molecule has 1 amide bonds. The highest BCUT2D eigenvalue weighted by Gasteiger charge is 2.38. The number of aromatic carboxylic acids is 1. The van der Waals surface area contributed by atoms with Crippen LogP contribution in [-0.2, 0) is 20.0 Å². The summed E-state index contributed by atoms with van der Waals surface area (Å²) in [6, 6.07) is 13.3. The lowest BCUT2D eigenvalue weighted by atomic mass is 9.97. The molecule has 308 valence electrons. The largest absolute Gasteiger partial charge is 0.494 e. The van der Waals surface area contributed by atoms with E-state index in [1.54, 1.807) is 17.7 Å². The minimum atomic E-state index is -1.02. The Bertz CT molecular complexity index is 2630. The monoisotopic (exact) mass is 835 g/mol. The third-order valence-corrected chi connectivity index (χ3v) is 13.0. The molecule has 59 heavy (non-hydrogen) atoms. The molecule has 3 aromatic carbocycles. The van der Waals surface area contributed by atoms with E-state index in [4.69, 9.17) is 37.9 Å². The van der Waals surface area contributed by atoms with Gasteiger partial charge in [-0.05, 0) is 120 Å². The highest BCUT2D eigenvalue weighted by molar-refractivity contribution is 6.35. The van der Waals surface area contributed by atoms with Gasteiger partial charge >= 0.3 is 5.97 Å². The lowest BCUT2D eigenvalue weighted by Gasteiger charge is -2.35. The highest BCUT2D eigenvalue weighted by atomic mass is 35.5. The number of rotatable bonds is 10. The van der Waals surface area contributed by atoms with Gasteiger partial charge in [0.05, 0.1) is 34.9 Å². The molecule has 0 aliphatic carbocycles. The number of carbonyl (C=O) groups excluding carboxylic acids is 1. The molecule has 1 N–H and O–H groups in total. The van der Waals surface area contributed by atoms with Crippen LogP contribution in [0.1, 0.15) is 79.8 Å². The molecule has 0 saturated carbocycles. The van der Waals surface area contributed by atoms with E-state index in [0.717, 1.165) is 104 Å². The van der Waals surface area contributed by atoms with Crippen LogP contribution in [0.3, 0.4) is 0 Å². The van der Waals surface area contributed by atoms with Gasteiger partial charge in [-0.2, -0.15) is 0 Å². The summed E-state index contributed by atoms with van der Waals surface area (Å²) >= 11 is 13.7. The van der Waals surface area contributed by atoms with Crippen molar-refractivity contribution < 1.29 is 19.4 Å². The normalized spacial score (nSPS) is 16.4. The van der Waals surface area contributed by atoms with Gasteiger partial charge in [0.1, 0.15) is 23.0 Å². The van der Waals surface area contributed by atoms with Gasteiger partial charge in [-0.1, -0.05) is 29.3 Å². The minimum absolute atomic E-state index is 0.154. The number of hydrogen-bond acceptors (Lipinski definition) is 7. The lowest BCUT2D eigenvalue weighted by Crippen LogP contribution is -2.44. The van der Waals surface area contributed by atoms with Crippen molar-refractivity contribution in [2.24, 2.45) is 7.05 Å². The van der Waals surface area contributed by atoms with E-state index >= 15 is 4.79 Å². The Kier molecular flexibility index (Phi) is 11.0. The summed E-state index contributed by atoms with van der Waals surface area (Å²) in [5.41, 5.74) is 10.1. The van der Waals surface area contributed by atoms with Crippen molar-refractivity contribution in [2.75, 3.05) is 51.3 Å². The summed E-state index contributed by atoms with van der Waals surface area (Å²) in [5.74, 6) is 0.367. The zero-order valence-corrected chi connectivity index (χ0v) is 36.6. The maximum atomic E-state index is 15.3. The van der Waals surface area contributed by atoms with Crippen LogP contribution in [0.2, 0.25) is 10.0 Å². The molecule has 6 aromatic rings. The number of aromatic nitrogens is 4. The van der Waals surface area contributed by atoms with Gasteiger partial charge in [0.15, 0.2) is 0 Å². The fourth-order valence-corrected chi connectivity index (χ4v) is 9.62. The van der Waals surface area contributed by atoms with Crippen LogP contribution in [-0.4, -0.2) is 92.3 Å². The maximum Gasteiger partial charge on any atom is 0.352 e. The van der Waals surface area contributed by atoms with Crippen LogP contribution < -0.4 is 9.64 Å². The molecule has 0 radical (unpaired) electrons. The molecule has 0 bridgehead atoms. The summed E-state index contributed by atoms with van der Waals surface area (Å²) in [6.07, 6.45) is 1.20. The van der Waals surface area contributed by atoms with Crippen molar-refractivity contribution in [1.29, 1.82) is 0 Å². The summed E-state index contributed by atoms with van der Waals surface area (Å²) in [6.45, 7) is 17.5. The van der Waals surface area contributed by atoms with Crippen LogP contribution in [0.15, 0.2) is 42.5 Å². The van der Waals surface area contributed by atoms with E-state index in [2.05, 4.69) is 28.3 Å². The number of carboxylic acid groups (broad SMARTS) is 1. The number of halogens is 2. The molecule has 8 rings (SSSR count). The van der Waals surface area contributed by atoms with Crippen molar-refractivity contribution in [3.63, 3.8) is 0 Å². The Morgan fingerprint density at radius 2 is 1.58 bits per heavy atom. The number of amides is 1. The van der Waals surface area contributed by atoms with E-state index in [1.807, 2.05) is 75.9 Å². The van der Waals surface area contributed by atoms with E-state index in [1.165, 1.54) is 0 Å². The number of carboxylic acids is 1. The van der Waals surface area contributed by atoms with Crippen LogP contribution in [0.4, 0.5) is 5.69 Å². The van der Waals surface area contributed by atoms with Crippen molar-refractivity contribution >= 4 is 62.6 Å². The Morgan fingerprint density at radius 3 is 2.24 bits per heavy atom. The van der Waals surface area contributed by atoms with Gasteiger partial charge in [0, 0.05) is 84.1 Å². The zero-order chi connectivity index (χ0) is 42.0. The van der Waals surface area contributed by atoms with Crippen molar-refractivity contribution in [2.45, 2.75) is 67.0 Å². The van der Waals surface area contributed by atoms with Crippen LogP contribution in [0, 0.1) is 34.6 Å². The summed E-state index contributed by atoms with van der Waals surface area (Å²) < 4.78 is 10.1. The average molecular weight is 837 g/mol. The van der Waals surface area contributed by atoms with Crippen LogP contribution >= 0.6 is 23.2 Å². The second kappa shape index (κ2) is 15.9. The Balaban J connectivity index is 1.25. The predicted molar refractivity (Wildman–Crippen MR) is 236 cm³/mol. The van der Waals surface area contributed by atoms with E-state index < -0.39 is 5.97 Å². The third-order valence-electron chi connectivity index (χ3n) is 12.1. The molecule has 13 heteroatoms. The zero-order valence-electron chi connectivity index (χ0n) is 35.0. The molecular formula is C46H51Cl2N7O4. The Labute approximate surface area is 355 Å². The average Bonchev–Trinajstić information content (AvgIpc) is 3.70. The number of benzene rings is 3. The van der Waals surface area contributed by atoms with Gasteiger partial charge in [0.25, 0.3) is 5.91 Å². The van der Waals surface area contributed by atoms with Crippen molar-refractivity contribution in [3.05, 3.63) is 103 Å². The predicted octanol–water partition coefficient (Wildman–Crippen LogP) is 9.12. The number of hydrogen-bond donors (Lipinski definition) is 1. The molecule has 2 aliphatic heterocycles. The number of anilines is 1. The van der Waals surface area contributed by atoms with Gasteiger partial charge in [-0.15, -0.1) is 0 Å². The number of nitrogens with zero attached hydrogens (tertiary/aromatic N) is 7. The number of aryl methyl sites for hydroxylation is 7. The number of ether oxygens (including phenoxy) is 1. The summed E-state index contributed by atoms with van der Waals surface area (Å²) in [7, 11) is 3.89. The minimum Gasteiger partial charge on any atom is -0.494 e. The van der Waals surface area contributed by atoms with Gasteiger partial charge < -0.3 is 28.8 Å². The summed E-state index contributed by atoms with van der Waals surface area (Å²) in [4.78, 5) is 44.3. The standard InChI is InChI=1S/C46H51Cl2N7O4/c1-25-18-31-22-37(46(57)58)52(8)42(31)36(19-25)54-23-28(4)55-43-34(33(44(55)45(54)56)10-9-17-59-32-20-26(2)41(48)27(3)21-32)11-12-35(47)40(43)39-29(5)49-38(50-30(39)6)24-53-15-13-51(7)14-16-53/h11-12,18-22,28H,9-10,13-17,23-24H2,1-8H3,(H,57,58). The first-order valence-electron chi connectivity index (χ1n) is 20.3. The second-order valence-corrected chi connectivity index (χ2v) is 17.3. The molecular weight excluding hydrogens is 785 g/mol. The fraction of sp³-hybridized carbons (Fsp3) is 0.391. The first-order valence-corrected chi connectivity index (χ1v) is 21.0. The molecule has 2 aliphatic rings. The number of piperazine rings is 1. The SMILES string of the molecule is Cc1cc(N2CC(C)n3c(c(CCCOc4cc(C)c(Cl)c(C)c4)c4ccc(Cl)c(-c5c(C)nc(CN6CCN(C)CC6)nc5C)c43)C2=O)c2c(c1)cc(C(=O)O)n2C. The van der Waals surface area contributed by atoms with Gasteiger partial charge in [0.2, 0.25) is 0 Å². The molecule has 3 aromatic heterocycles. The van der Waals surface area contributed by atoms with Gasteiger partial charge in [-0.25, -0.2) is 14.8 Å². The molecule has 1 fully saturated rings. The first-order chi connectivity index (χ1) is 28.1. The highest BCUT2D eigenvalue weighted by Crippen LogP contribution is 2.45.